The molecule has 1 aromatic heterocycles. The van der Waals surface area contributed by atoms with Crippen LogP contribution >= 0.6 is 11.3 Å². The first-order valence-electron chi connectivity index (χ1n) is 4.39. The third kappa shape index (κ3) is 2.16. The Kier molecular flexibility index (Phi) is 2.69. The second-order valence-corrected chi connectivity index (χ2v) is 3.76. The van der Waals surface area contributed by atoms with Gasteiger partial charge in [0, 0.05) is 5.38 Å². The van der Waals surface area contributed by atoms with Gasteiger partial charge < -0.3 is 10.4 Å². The van der Waals surface area contributed by atoms with Crippen molar-refractivity contribution in [1.82, 2.24) is 0 Å². The number of benzene rings is 1. The Morgan fingerprint density at radius 1 is 1.27 bits per heavy atom. The topological polar surface area (TPSA) is 49.3 Å². The molecular formula is C11H9NO2S. The number of rotatable bonds is 2. The molecule has 2 rings (SSSR count). The maximum atomic E-state index is 11.6. The van der Waals surface area contributed by atoms with Crippen LogP contribution in [0.15, 0.2) is 41.1 Å². The molecule has 0 spiro atoms. The normalized spacial score (nSPS) is 9.87. The van der Waals surface area contributed by atoms with Gasteiger partial charge in [-0.2, -0.15) is 11.3 Å². The molecule has 0 atom stereocenters. The predicted molar refractivity (Wildman–Crippen MR) is 60.4 cm³/mol. The minimum Gasteiger partial charge on any atom is -0.506 e. The van der Waals surface area contributed by atoms with Gasteiger partial charge in [0.2, 0.25) is 0 Å². The van der Waals surface area contributed by atoms with Gasteiger partial charge >= 0.3 is 0 Å². The third-order valence-corrected chi connectivity index (χ3v) is 2.62. The van der Waals surface area contributed by atoms with Crippen molar-refractivity contribution < 1.29 is 9.90 Å². The highest BCUT2D eigenvalue weighted by Gasteiger charge is 2.07. The van der Waals surface area contributed by atoms with Gasteiger partial charge in [-0.15, -0.1) is 0 Å². The van der Waals surface area contributed by atoms with E-state index in [4.69, 9.17) is 0 Å². The molecule has 3 nitrogen and oxygen atoms in total. The van der Waals surface area contributed by atoms with Crippen LogP contribution in [0.2, 0.25) is 0 Å². The molecule has 0 bridgehead atoms. The van der Waals surface area contributed by atoms with Gasteiger partial charge in [-0.1, -0.05) is 12.1 Å². The van der Waals surface area contributed by atoms with Crippen LogP contribution in [0.5, 0.6) is 5.75 Å². The molecule has 2 aromatic rings. The Labute approximate surface area is 91.0 Å². The summed E-state index contributed by atoms with van der Waals surface area (Å²) in [5, 5.41) is 15.7. The number of carbonyl (C=O) groups excluding carboxylic acids is 1. The van der Waals surface area contributed by atoms with Crippen LogP contribution < -0.4 is 5.32 Å². The second kappa shape index (κ2) is 4.14. The molecule has 0 radical (unpaired) electrons. The van der Waals surface area contributed by atoms with Gasteiger partial charge in [-0.05, 0) is 23.6 Å². The number of anilines is 1. The Morgan fingerprint density at radius 2 is 2.07 bits per heavy atom. The zero-order chi connectivity index (χ0) is 10.7. The van der Waals surface area contributed by atoms with Crippen molar-refractivity contribution in [2.45, 2.75) is 0 Å². The molecule has 1 amide bonds. The minimum absolute atomic E-state index is 0.0704. The van der Waals surface area contributed by atoms with E-state index < -0.39 is 0 Å². The Balaban J connectivity index is 2.17. The highest BCUT2D eigenvalue weighted by molar-refractivity contribution is 7.08. The summed E-state index contributed by atoms with van der Waals surface area (Å²) in [7, 11) is 0. The number of thiophene rings is 1. The van der Waals surface area contributed by atoms with E-state index in [2.05, 4.69) is 5.32 Å². The minimum atomic E-state index is -0.210. The van der Waals surface area contributed by atoms with Gasteiger partial charge in [-0.25, -0.2) is 0 Å². The zero-order valence-corrected chi connectivity index (χ0v) is 8.62. The van der Waals surface area contributed by atoms with Crippen molar-refractivity contribution in [1.29, 1.82) is 0 Å². The number of hydrogen-bond donors (Lipinski definition) is 2. The first-order valence-corrected chi connectivity index (χ1v) is 5.33. The van der Waals surface area contributed by atoms with Gasteiger partial charge in [0.1, 0.15) is 5.75 Å². The lowest BCUT2D eigenvalue weighted by Crippen LogP contribution is -2.10. The number of para-hydroxylation sites is 2. The number of phenolic OH excluding ortho intramolecular Hbond substituents is 1. The van der Waals surface area contributed by atoms with Crippen molar-refractivity contribution in [3.05, 3.63) is 46.7 Å². The monoisotopic (exact) mass is 219 g/mol. The number of aromatic hydroxyl groups is 1. The molecule has 1 aromatic carbocycles. The van der Waals surface area contributed by atoms with Gasteiger partial charge in [-0.3, -0.25) is 4.79 Å². The number of hydrogen-bond acceptors (Lipinski definition) is 3. The lowest BCUT2D eigenvalue weighted by molar-refractivity contribution is 0.102. The Bertz CT molecular complexity index is 465. The van der Waals surface area contributed by atoms with E-state index in [0.717, 1.165) is 0 Å². The summed E-state index contributed by atoms with van der Waals surface area (Å²) in [6, 6.07) is 8.38. The van der Waals surface area contributed by atoms with Crippen LogP contribution in [0, 0.1) is 0 Å². The molecule has 0 aliphatic heterocycles. The van der Waals surface area contributed by atoms with Crippen LogP contribution in [0.4, 0.5) is 5.69 Å². The molecule has 0 unspecified atom stereocenters. The molecule has 15 heavy (non-hydrogen) atoms. The van der Waals surface area contributed by atoms with Gasteiger partial charge in [0.15, 0.2) is 0 Å². The molecule has 0 saturated carbocycles. The maximum Gasteiger partial charge on any atom is 0.256 e. The van der Waals surface area contributed by atoms with Gasteiger partial charge in [0.05, 0.1) is 11.3 Å². The molecule has 1 heterocycles. The first kappa shape index (κ1) is 9.73. The van der Waals surface area contributed by atoms with Crippen molar-refractivity contribution in [2.24, 2.45) is 0 Å². The van der Waals surface area contributed by atoms with E-state index in [-0.39, 0.29) is 11.7 Å². The fourth-order valence-electron chi connectivity index (χ4n) is 1.17. The van der Waals surface area contributed by atoms with E-state index in [1.807, 2.05) is 5.38 Å². The molecule has 0 aliphatic carbocycles. The third-order valence-electron chi connectivity index (χ3n) is 1.94. The average Bonchev–Trinajstić information content (AvgIpc) is 2.74. The van der Waals surface area contributed by atoms with E-state index in [9.17, 15) is 9.90 Å². The summed E-state index contributed by atoms with van der Waals surface area (Å²) in [5.41, 5.74) is 1.02. The molecule has 2 N–H and O–H groups in total. The number of carbonyl (C=O) groups is 1. The van der Waals surface area contributed by atoms with Crippen molar-refractivity contribution in [2.75, 3.05) is 5.32 Å². The fourth-order valence-corrected chi connectivity index (χ4v) is 1.80. The van der Waals surface area contributed by atoms with Crippen LogP contribution in [-0.2, 0) is 0 Å². The fraction of sp³-hybridized carbons (Fsp3) is 0. The zero-order valence-electron chi connectivity index (χ0n) is 7.81. The summed E-state index contributed by atoms with van der Waals surface area (Å²) in [4.78, 5) is 11.6. The molecular weight excluding hydrogens is 210 g/mol. The van der Waals surface area contributed by atoms with Crippen molar-refractivity contribution >= 4 is 22.9 Å². The van der Waals surface area contributed by atoms with E-state index >= 15 is 0 Å². The lowest BCUT2D eigenvalue weighted by atomic mass is 10.2. The van der Waals surface area contributed by atoms with Crippen LogP contribution in [0.1, 0.15) is 10.4 Å². The predicted octanol–water partition coefficient (Wildman–Crippen LogP) is 2.71. The Hall–Kier alpha value is -1.81. The largest absolute Gasteiger partial charge is 0.506 e. The molecule has 0 fully saturated rings. The summed E-state index contributed by atoms with van der Waals surface area (Å²) < 4.78 is 0. The summed E-state index contributed by atoms with van der Waals surface area (Å²) >= 11 is 1.46. The van der Waals surface area contributed by atoms with Crippen LogP contribution in [-0.4, -0.2) is 11.0 Å². The standard InChI is InChI=1S/C11H9NO2S/c13-10-4-2-1-3-9(10)12-11(14)8-5-6-15-7-8/h1-7,13H,(H,12,14). The van der Waals surface area contributed by atoms with E-state index in [1.54, 1.807) is 29.6 Å². The first-order chi connectivity index (χ1) is 7.27. The number of nitrogens with one attached hydrogen (secondary N) is 1. The summed E-state index contributed by atoms with van der Waals surface area (Å²) in [6.07, 6.45) is 0. The molecule has 0 saturated heterocycles. The molecule has 76 valence electrons. The highest BCUT2D eigenvalue weighted by atomic mass is 32.1. The quantitative estimate of drug-likeness (QED) is 0.763. The second-order valence-electron chi connectivity index (χ2n) is 2.98. The SMILES string of the molecule is O=C(Nc1ccccc1O)c1ccsc1. The highest BCUT2D eigenvalue weighted by Crippen LogP contribution is 2.22. The van der Waals surface area contributed by atoms with Crippen molar-refractivity contribution in [3.8, 4) is 5.75 Å². The van der Waals surface area contributed by atoms with E-state index in [1.165, 1.54) is 17.4 Å². The summed E-state index contributed by atoms with van der Waals surface area (Å²) in [6.45, 7) is 0. The Morgan fingerprint density at radius 3 is 2.73 bits per heavy atom. The number of phenols is 1. The van der Waals surface area contributed by atoms with Crippen LogP contribution in [0.25, 0.3) is 0 Å². The molecule has 0 aliphatic rings. The average molecular weight is 219 g/mol. The number of amides is 1. The smallest absolute Gasteiger partial charge is 0.256 e. The van der Waals surface area contributed by atoms with Crippen LogP contribution in [0.3, 0.4) is 0 Å². The molecule has 4 heteroatoms. The summed E-state index contributed by atoms with van der Waals surface area (Å²) in [5.74, 6) is -0.140. The van der Waals surface area contributed by atoms with E-state index in [0.29, 0.717) is 11.3 Å². The maximum absolute atomic E-state index is 11.6. The van der Waals surface area contributed by atoms with Crippen molar-refractivity contribution in [3.63, 3.8) is 0 Å². The lowest BCUT2D eigenvalue weighted by Gasteiger charge is -2.05. The van der Waals surface area contributed by atoms with Gasteiger partial charge in [0.25, 0.3) is 5.91 Å².